The molecule has 1 aromatic carbocycles. The van der Waals surface area contributed by atoms with Crippen molar-refractivity contribution < 1.29 is 18.3 Å². The highest BCUT2D eigenvalue weighted by Crippen LogP contribution is 2.48. The number of halogens is 3. The lowest BCUT2D eigenvalue weighted by Crippen LogP contribution is -2.42. The van der Waals surface area contributed by atoms with Crippen molar-refractivity contribution in [3.8, 4) is 0 Å². The molecule has 0 saturated heterocycles. The van der Waals surface area contributed by atoms with Crippen LogP contribution in [0.15, 0.2) is 24.3 Å². The number of alkyl halides is 3. The molecule has 0 heterocycles. The quantitative estimate of drug-likeness (QED) is 0.832. The normalized spacial score (nSPS) is 27.9. The highest BCUT2D eigenvalue weighted by atomic mass is 19.4. The molecule has 1 N–H and O–H groups in total. The summed E-state index contributed by atoms with van der Waals surface area (Å²) >= 11 is 0. The van der Waals surface area contributed by atoms with E-state index < -0.39 is 17.3 Å². The van der Waals surface area contributed by atoms with Crippen molar-refractivity contribution in [2.24, 2.45) is 11.8 Å². The number of hydrogen-bond acceptors (Lipinski definition) is 1. The van der Waals surface area contributed by atoms with Gasteiger partial charge >= 0.3 is 6.18 Å². The van der Waals surface area contributed by atoms with E-state index in [1.807, 2.05) is 13.8 Å². The summed E-state index contributed by atoms with van der Waals surface area (Å²) in [4.78, 5) is 0. The number of rotatable bonds is 2. The molecule has 1 nitrogen and oxygen atoms in total. The molecule has 4 heteroatoms. The van der Waals surface area contributed by atoms with Gasteiger partial charge in [0.15, 0.2) is 0 Å². The fourth-order valence-corrected chi connectivity index (χ4v) is 3.51. The van der Waals surface area contributed by atoms with Gasteiger partial charge < -0.3 is 5.11 Å². The van der Waals surface area contributed by atoms with E-state index in [1.54, 1.807) is 6.07 Å². The molecule has 1 aliphatic carbocycles. The Labute approximate surface area is 117 Å². The fourth-order valence-electron chi connectivity index (χ4n) is 3.51. The first-order valence-corrected chi connectivity index (χ1v) is 7.16. The van der Waals surface area contributed by atoms with Crippen LogP contribution in [0.3, 0.4) is 0 Å². The standard InChI is InChI=1S/C16H21F3O/c1-11(2)12-7-5-6-10-15(12,20)13-8-3-4-9-14(13)16(17,18)19/h3-4,8-9,11-12,20H,5-7,10H2,1-2H3. The largest absolute Gasteiger partial charge is 0.416 e. The molecule has 0 spiro atoms. The third kappa shape index (κ3) is 2.71. The fraction of sp³-hybridized carbons (Fsp3) is 0.625. The van der Waals surface area contributed by atoms with Crippen molar-refractivity contribution in [2.75, 3.05) is 0 Å². The van der Waals surface area contributed by atoms with Gasteiger partial charge in [0.25, 0.3) is 0 Å². The molecule has 1 saturated carbocycles. The second-order valence-corrected chi connectivity index (χ2v) is 6.06. The van der Waals surface area contributed by atoms with Crippen LogP contribution >= 0.6 is 0 Å². The van der Waals surface area contributed by atoms with E-state index in [0.29, 0.717) is 6.42 Å². The highest BCUT2D eigenvalue weighted by Gasteiger charge is 2.46. The molecule has 2 unspecified atom stereocenters. The molecule has 0 bridgehead atoms. The van der Waals surface area contributed by atoms with E-state index in [-0.39, 0.29) is 17.4 Å². The predicted molar refractivity (Wildman–Crippen MR) is 72.1 cm³/mol. The Bertz CT molecular complexity index is 467. The second kappa shape index (κ2) is 5.40. The molecular weight excluding hydrogens is 265 g/mol. The van der Waals surface area contributed by atoms with Crippen molar-refractivity contribution in [3.63, 3.8) is 0 Å². The van der Waals surface area contributed by atoms with E-state index in [2.05, 4.69) is 0 Å². The van der Waals surface area contributed by atoms with E-state index in [0.717, 1.165) is 25.3 Å². The lowest BCUT2D eigenvalue weighted by molar-refractivity contribution is -0.144. The summed E-state index contributed by atoms with van der Waals surface area (Å²) in [5.41, 5.74) is -2.01. The molecule has 2 rings (SSSR count). The van der Waals surface area contributed by atoms with E-state index >= 15 is 0 Å². The zero-order chi connectivity index (χ0) is 15.0. The van der Waals surface area contributed by atoms with Crippen LogP contribution in [0.2, 0.25) is 0 Å². The lowest BCUT2D eigenvalue weighted by Gasteiger charge is -2.43. The lowest BCUT2D eigenvalue weighted by atomic mass is 9.66. The molecule has 20 heavy (non-hydrogen) atoms. The van der Waals surface area contributed by atoms with Gasteiger partial charge in [-0.25, -0.2) is 0 Å². The van der Waals surface area contributed by atoms with Crippen molar-refractivity contribution in [2.45, 2.75) is 51.3 Å². The van der Waals surface area contributed by atoms with E-state index in [1.165, 1.54) is 12.1 Å². The molecule has 2 atom stereocenters. The van der Waals surface area contributed by atoms with Crippen molar-refractivity contribution in [1.82, 2.24) is 0 Å². The first kappa shape index (κ1) is 15.4. The van der Waals surface area contributed by atoms with Crippen LogP contribution in [0.25, 0.3) is 0 Å². The Morgan fingerprint density at radius 1 is 1.20 bits per heavy atom. The van der Waals surface area contributed by atoms with Crippen LogP contribution in [0.1, 0.15) is 50.7 Å². The third-order valence-corrected chi connectivity index (χ3v) is 4.44. The molecule has 0 aromatic heterocycles. The molecule has 1 aliphatic rings. The molecule has 0 aliphatic heterocycles. The third-order valence-electron chi connectivity index (χ3n) is 4.44. The molecule has 0 radical (unpaired) electrons. The topological polar surface area (TPSA) is 20.2 Å². The SMILES string of the molecule is CC(C)C1CCCCC1(O)c1ccccc1C(F)(F)F. The maximum absolute atomic E-state index is 13.2. The average Bonchev–Trinajstić information content (AvgIpc) is 2.38. The number of hydrogen-bond donors (Lipinski definition) is 1. The minimum Gasteiger partial charge on any atom is -0.385 e. The molecule has 0 amide bonds. The Balaban J connectivity index is 2.53. The van der Waals surface area contributed by atoms with Crippen LogP contribution in [0.5, 0.6) is 0 Å². The predicted octanol–water partition coefficient (Wildman–Crippen LogP) is 4.74. The van der Waals surface area contributed by atoms with Gasteiger partial charge in [-0.1, -0.05) is 44.9 Å². The van der Waals surface area contributed by atoms with Gasteiger partial charge in [0.2, 0.25) is 0 Å². The summed E-state index contributed by atoms with van der Waals surface area (Å²) < 4.78 is 39.6. The summed E-state index contributed by atoms with van der Waals surface area (Å²) in [6.45, 7) is 3.94. The van der Waals surface area contributed by atoms with Gasteiger partial charge in [-0.05, 0) is 36.3 Å². The Hall–Kier alpha value is -1.03. The van der Waals surface area contributed by atoms with Crippen molar-refractivity contribution >= 4 is 0 Å². The zero-order valence-electron chi connectivity index (χ0n) is 11.9. The van der Waals surface area contributed by atoms with E-state index in [9.17, 15) is 18.3 Å². The molecular formula is C16H21F3O. The minimum absolute atomic E-state index is 0.0471. The van der Waals surface area contributed by atoms with Crippen LogP contribution < -0.4 is 0 Å². The number of aliphatic hydroxyl groups is 1. The summed E-state index contributed by atoms with van der Waals surface area (Å²) in [5, 5.41) is 11.0. The molecule has 1 fully saturated rings. The highest BCUT2D eigenvalue weighted by molar-refractivity contribution is 5.35. The van der Waals surface area contributed by atoms with Gasteiger partial charge in [-0.2, -0.15) is 13.2 Å². The molecule has 1 aromatic rings. The zero-order valence-corrected chi connectivity index (χ0v) is 11.9. The van der Waals surface area contributed by atoms with Gasteiger partial charge in [0.05, 0.1) is 11.2 Å². The average molecular weight is 286 g/mol. The Morgan fingerprint density at radius 2 is 1.85 bits per heavy atom. The maximum Gasteiger partial charge on any atom is 0.416 e. The summed E-state index contributed by atoms with van der Waals surface area (Å²) in [7, 11) is 0. The van der Waals surface area contributed by atoms with Gasteiger partial charge in [0, 0.05) is 0 Å². The van der Waals surface area contributed by atoms with Gasteiger partial charge in [-0.15, -0.1) is 0 Å². The van der Waals surface area contributed by atoms with Crippen LogP contribution in [0, 0.1) is 11.8 Å². The number of benzene rings is 1. The van der Waals surface area contributed by atoms with Gasteiger partial charge in [0.1, 0.15) is 0 Å². The Morgan fingerprint density at radius 3 is 2.45 bits per heavy atom. The van der Waals surface area contributed by atoms with Crippen molar-refractivity contribution in [3.05, 3.63) is 35.4 Å². The summed E-state index contributed by atoms with van der Waals surface area (Å²) in [6, 6.07) is 5.46. The maximum atomic E-state index is 13.2. The van der Waals surface area contributed by atoms with Crippen molar-refractivity contribution in [1.29, 1.82) is 0 Å². The van der Waals surface area contributed by atoms with Crippen LogP contribution in [-0.4, -0.2) is 5.11 Å². The van der Waals surface area contributed by atoms with Crippen LogP contribution in [-0.2, 0) is 11.8 Å². The first-order chi connectivity index (χ1) is 9.27. The molecule has 112 valence electrons. The smallest absolute Gasteiger partial charge is 0.385 e. The summed E-state index contributed by atoms with van der Waals surface area (Å²) in [5.74, 6) is 0.0290. The minimum atomic E-state index is -4.43. The summed E-state index contributed by atoms with van der Waals surface area (Å²) in [6.07, 6.45) is -1.50. The monoisotopic (exact) mass is 286 g/mol. The Kier molecular flexibility index (Phi) is 4.14. The van der Waals surface area contributed by atoms with E-state index in [4.69, 9.17) is 0 Å². The van der Waals surface area contributed by atoms with Crippen LogP contribution in [0.4, 0.5) is 13.2 Å². The second-order valence-electron chi connectivity index (χ2n) is 6.06. The first-order valence-electron chi connectivity index (χ1n) is 7.16. The van der Waals surface area contributed by atoms with Gasteiger partial charge in [-0.3, -0.25) is 0 Å².